The number of hydrogen-bond acceptors (Lipinski definition) is 6. The van der Waals surface area contributed by atoms with Gasteiger partial charge in [-0.3, -0.25) is 4.79 Å². The smallest absolute Gasteiger partial charge is 0.270 e. The number of likely N-dealkylation sites (tertiary alicyclic amines) is 2. The first kappa shape index (κ1) is 26.2. The Bertz CT molecular complexity index is 992. The Morgan fingerprint density at radius 1 is 1.19 bits per heavy atom. The molecule has 3 aliphatic heterocycles. The first-order valence-electron chi connectivity index (χ1n) is 13.5. The van der Waals surface area contributed by atoms with Gasteiger partial charge in [0.15, 0.2) is 0 Å². The number of hydrogen-bond donors (Lipinski definition) is 2. The highest BCUT2D eigenvalue weighted by atomic mass is 16.2. The van der Waals surface area contributed by atoms with E-state index < -0.39 is 6.29 Å². The van der Waals surface area contributed by atoms with Crippen LogP contribution in [-0.2, 0) is 6.42 Å². The topological polar surface area (TPSA) is 102 Å². The average Bonchev–Trinajstić information content (AvgIpc) is 3.35. The summed E-state index contributed by atoms with van der Waals surface area (Å²) >= 11 is 0. The number of carbonyl (C=O) groups is 1. The van der Waals surface area contributed by atoms with E-state index in [4.69, 9.17) is 5.73 Å². The van der Waals surface area contributed by atoms with Gasteiger partial charge in [-0.1, -0.05) is 25.2 Å². The van der Waals surface area contributed by atoms with E-state index in [1.54, 1.807) is 6.08 Å². The van der Waals surface area contributed by atoms with Crippen molar-refractivity contribution in [2.24, 2.45) is 20.7 Å². The highest BCUT2D eigenvalue weighted by Gasteiger charge is 2.28. The second-order valence-corrected chi connectivity index (χ2v) is 9.81. The normalized spacial score (nSPS) is 22.0. The lowest BCUT2D eigenvalue weighted by Gasteiger charge is -2.40. The SMILES string of the molecule is C=Cc1[nH]c(C(=O)N2CCC(N3CCCCC3)CC2)cc1CC=NC1N=CCC(CCC=CCN)=N1. The van der Waals surface area contributed by atoms with Crippen molar-refractivity contribution in [1.29, 1.82) is 0 Å². The number of carbonyl (C=O) groups excluding carboxylic acids is 1. The van der Waals surface area contributed by atoms with Crippen LogP contribution in [-0.4, -0.2) is 83.9 Å². The van der Waals surface area contributed by atoms with Crippen LogP contribution in [0.3, 0.4) is 0 Å². The van der Waals surface area contributed by atoms with E-state index in [9.17, 15) is 4.79 Å². The Kier molecular flexibility index (Phi) is 9.81. The summed E-state index contributed by atoms with van der Waals surface area (Å²) in [4.78, 5) is 34.7. The molecule has 1 unspecified atom stereocenters. The number of aromatic nitrogens is 1. The second kappa shape index (κ2) is 13.5. The number of nitrogens with one attached hydrogen (secondary N) is 1. The molecular formula is C28H41N7O. The monoisotopic (exact) mass is 491 g/mol. The van der Waals surface area contributed by atoms with Gasteiger partial charge in [0.1, 0.15) is 5.69 Å². The first-order chi connectivity index (χ1) is 17.7. The van der Waals surface area contributed by atoms with Gasteiger partial charge in [0.25, 0.3) is 5.91 Å². The number of aliphatic imine (C=N–C) groups is 3. The molecule has 36 heavy (non-hydrogen) atoms. The van der Waals surface area contributed by atoms with Crippen molar-refractivity contribution in [2.75, 3.05) is 32.7 Å². The minimum absolute atomic E-state index is 0.0770. The van der Waals surface area contributed by atoms with Gasteiger partial charge in [0, 0.05) is 62.4 Å². The fourth-order valence-electron chi connectivity index (χ4n) is 5.32. The van der Waals surface area contributed by atoms with Crippen LogP contribution in [0, 0.1) is 0 Å². The lowest BCUT2D eigenvalue weighted by Crippen LogP contribution is -2.48. The third-order valence-corrected chi connectivity index (χ3v) is 7.34. The van der Waals surface area contributed by atoms with Gasteiger partial charge < -0.3 is 20.5 Å². The number of aromatic amines is 1. The molecule has 0 saturated carbocycles. The highest BCUT2D eigenvalue weighted by molar-refractivity contribution is 5.97. The summed E-state index contributed by atoms with van der Waals surface area (Å²) in [5.74, 6) is 0.0770. The Labute approximate surface area is 215 Å². The van der Waals surface area contributed by atoms with Gasteiger partial charge in [-0.05, 0) is 69.3 Å². The molecule has 1 aromatic rings. The van der Waals surface area contributed by atoms with E-state index in [0.29, 0.717) is 24.7 Å². The molecule has 0 aliphatic carbocycles. The van der Waals surface area contributed by atoms with E-state index in [2.05, 4.69) is 37.5 Å². The van der Waals surface area contributed by atoms with Crippen LogP contribution in [0.4, 0.5) is 0 Å². The summed E-state index contributed by atoms with van der Waals surface area (Å²) in [6, 6.07) is 2.58. The van der Waals surface area contributed by atoms with E-state index in [0.717, 1.165) is 62.2 Å². The molecule has 4 rings (SSSR count). The third-order valence-electron chi connectivity index (χ3n) is 7.34. The number of H-pyrrole nitrogens is 1. The lowest BCUT2D eigenvalue weighted by atomic mass is 9.99. The summed E-state index contributed by atoms with van der Waals surface area (Å²) in [5.41, 5.74) is 9.11. The molecule has 0 aromatic carbocycles. The number of nitrogens with two attached hydrogens (primary N) is 1. The van der Waals surface area contributed by atoms with Gasteiger partial charge in [-0.25, -0.2) is 15.0 Å². The molecule has 1 aromatic heterocycles. The summed E-state index contributed by atoms with van der Waals surface area (Å²) in [7, 11) is 0. The quantitative estimate of drug-likeness (QED) is 0.384. The van der Waals surface area contributed by atoms with E-state index in [-0.39, 0.29) is 5.91 Å². The predicted octanol–water partition coefficient (Wildman–Crippen LogP) is 3.86. The zero-order valence-corrected chi connectivity index (χ0v) is 21.4. The first-order valence-corrected chi connectivity index (χ1v) is 13.5. The molecular weight excluding hydrogens is 450 g/mol. The van der Waals surface area contributed by atoms with Crippen LogP contribution < -0.4 is 5.73 Å². The predicted molar refractivity (Wildman–Crippen MR) is 149 cm³/mol. The lowest BCUT2D eigenvalue weighted by molar-refractivity contribution is 0.0585. The van der Waals surface area contributed by atoms with E-state index in [1.165, 1.54) is 32.4 Å². The van der Waals surface area contributed by atoms with Gasteiger partial charge in [-0.2, -0.15) is 0 Å². The number of rotatable bonds is 10. The van der Waals surface area contributed by atoms with Gasteiger partial charge in [-0.15, -0.1) is 0 Å². The number of nitrogens with zero attached hydrogens (tertiary/aromatic N) is 5. The third kappa shape index (κ3) is 7.11. The molecule has 0 radical (unpaired) electrons. The standard InChI is InChI=1S/C28H41N7O/c1-2-25-22(10-15-30-28-31-16-11-23(32-28)9-5-3-6-14-29)21-26(33-25)27(36)35-19-12-24(13-20-35)34-17-7-4-8-18-34/h2-3,6,15-16,21,24,28,33H,1,4-5,7-14,17-20,29H2. The zero-order valence-electron chi connectivity index (χ0n) is 21.4. The molecule has 8 heteroatoms. The molecule has 194 valence electrons. The molecule has 1 amide bonds. The summed E-state index contributed by atoms with van der Waals surface area (Å²) in [6.45, 7) is 8.56. The van der Waals surface area contributed by atoms with Crippen molar-refractivity contribution in [1.82, 2.24) is 14.8 Å². The van der Waals surface area contributed by atoms with Crippen molar-refractivity contribution in [2.45, 2.75) is 70.1 Å². The maximum atomic E-state index is 13.2. The average molecular weight is 492 g/mol. The van der Waals surface area contributed by atoms with Crippen LogP contribution in [0.1, 0.15) is 73.1 Å². The van der Waals surface area contributed by atoms with Crippen LogP contribution in [0.25, 0.3) is 6.08 Å². The highest BCUT2D eigenvalue weighted by Crippen LogP contribution is 2.23. The number of amides is 1. The Morgan fingerprint density at radius 3 is 2.75 bits per heavy atom. The molecule has 8 nitrogen and oxygen atoms in total. The maximum Gasteiger partial charge on any atom is 0.270 e. The van der Waals surface area contributed by atoms with Crippen molar-refractivity contribution in [3.63, 3.8) is 0 Å². The fourth-order valence-corrected chi connectivity index (χ4v) is 5.32. The van der Waals surface area contributed by atoms with Crippen molar-refractivity contribution < 1.29 is 4.79 Å². The van der Waals surface area contributed by atoms with Crippen molar-refractivity contribution >= 4 is 30.1 Å². The minimum Gasteiger partial charge on any atom is -0.351 e. The minimum atomic E-state index is -0.416. The van der Waals surface area contributed by atoms with Crippen LogP contribution in [0.15, 0.2) is 39.8 Å². The van der Waals surface area contributed by atoms with Crippen LogP contribution in [0.5, 0.6) is 0 Å². The molecule has 2 saturated heterocycles. The largest absolute Gasteiger partial charge is 0.351 e. The summed E-state index contributed by atoms with van der Waals surface area (Å²) < 4.78 is 0. The van der Waals surface area contributed by atoms with Crippen LogP contribution >= 0.6 is 0 Å². The Morgan fingerprint density at radius 2 is 2.00 bits per heavy atom. The van der Waals surface area contributed by atoms with Gasteiger partial charge >= 0.3 is 0 Å². The molecule has 3 aliphatic rings. The molecule has 2 fully saturated rings. The van der Waals surface area contributed by atoms with Crippen molar-refractivity contribution in [3.8, 4) is 0 Å². The van der Waals surface area contributed by atoms with Gasteiger partial charge in [0.05, 0.1) is 0 Å². The second-order valence-electron chi connectivity index (χ2n) is 9.81. The van der Waals surface area contributed by atoms with E-state index >= 15 is 0 Å². The molecule has 1 atom stereocenters. The Balaban J connectivity index is 1.30. The summed E-state index contributed by atoms with van der Waals surface area (Å²) in [5, 5.41) is 0. The van der Waals surface area contributed by atoms with Crippen LogP contribution in [0.2, 0.25) is 0 Å². The summed E-state index contributed by atoms with van der Waals surface area (Å²) in [6.07, 6.45) is 18.5. The molecule has 0 bridgehead atoms. The number of piperidine rings is 2. The molecule has 3 N–H and O–H groups in total. The van der Waals surface area contributed by atoms with Crippen molar-refractivity contribution in [3.05, 3.63) is 41.7 Å². The Hall–Kier alpha value is -2.84. The maximum absolute atomic E-state index is 13.2. The molecule has 0 spiro atoms. The molecule has 4 heterocycles. The van der Waals surface area contributed by atoms with Gasteiger partial charge in [0.2, 0.25) is 6.29 Å². The zero-order chi connectivity index (χ0) is 25.2. The fraction of sp³-hybridized carbons (Fsp3) is 0.571. The number of allylic oxidation sites excluding steroid dienone is 1. The van der Waals surface area contributed by atoms with E-state index in [1.807, 2.05) is 29.5 Å².